The largest absolute Gasteiger partial charge is 0.479 e. The molecular formula is C11H21N3O6. The van der Waals surface area contributed by atoms with Gasteiger partial charge in [-0.3, -0.25) is 4.79 Å². The van der Waals surface area contributed by atoms with Gasteiger partial charge in [0.15, 0.2) is 6.10 Å². The van der Waals surface area contributed by atoms with Crippen molar-refractivity contribution < 1.29 is 29.3 Å². The highest BCUT2D eigenvalue weighted by atomic mass is 16.5. The van der Waals surface area contributed by atoms with Gasteiger partial charge in [0.25, 0.3) is 0 Å². The summed E-state index contributed by atoms with van der Waals surface area (Å²) in [5.41, 5.74) is 0. The summed E-state index contributed by atoms with van der Waals surface area (Å²) in [6.45, 7) is 1.02. The number of carboxylic acids is 1. The molecule has 0 aliphatic carbocycles. The van der Waals surface area contributed by atoms with Gasteiger partial charge in [-0.15, -0.1) is 0 Å². The average Bonchev–Trinajstić information content (AvgIpc) is 2.38. The standard InChI is InChI=1S/C11H21N3O6/c1-20-7-6-12-9(16)3-5-14-11(19)13-4-2-8(15)10(17)18/h8,15H,2-7H2,1H3,(H,12,16)(H,17,18)(H2,13,14,19). The van der Waals surface area contributed by atoms with Crippen molar-refractivity contribution >= 4 is 17.9 Å². The number of carbonyl (C=O) groups is 3. The Balaban J connectivity index is 3.54. The van der Waals surface area contributed by atoms with E-state index in [0.29, 0.717) is 13.2 Å². The first-order valence-corrected chi connectivity index (χ1v) is 6.15. The van der Waals surface area contributed by atoms with Crippen LogP contribution in [-0.4, -0.2) is 67.6 Å². The molecule has 0 aromatic rings. The van der Waals surface area contributed by atoms with E-state index in [2.05, 4.69) is 16.0 Å². The third-order valence-corrected chi connectivity index (χ3v) is 2.25. The Bertz CT molecular complexity index is 323. The highest BCUT2D eigenvalue weighted by Gasteiger charge is 2.12. The highest BCUT2D eigenvalue weighted by molar-refractivity contribution is 5.78. The zero-order valence-electron chi connectivity index (χ0n) is 11.3. The van der Waals surface area contributed by atoms with Crippen LogP contribution in [0.5, 0.6) is 0 Å². The van der Waals surface area contributed by atoms with Crippen molar-refractivity contribution in [2.75, 3.05) is 33.4 Å². The molecule has 0 aromatic heterocycles. The molecule has 0 fully saturated rings. The van der Waals surface area contributed by atoms with Crippen molar-refractivity contribution in [3.63, 3.8) is 0 Å². The summed E-state index contributed by atoms with van der Waals surface area (Å²) in [7, 11) is 1.53. The summed E-state index contributed by atoms with van der Waals surface area (Å²) in [4.78, 5) is 32.8. The van der Waals surface area contributed by atoms with Crippen molar-refractivity contribution in [1.29, 1.82) is 0 Å². The van der Waals surface area contributed by atoms with Crippen molar-refractivity contribution in [2.45, 2.75) is 18.9 Å². The Labute approximate surface area is 116 Å². The molecule has 5 N–H and O–H groups in total. The molecule has 0 bridgehead atoms. The van der Waals surface area contributed by atoms with Crippen LogP contribution in [0, 0.1) is 0 Å². The molecule has 0 saturated heterocycles. The van der Waals surface area contributed by atoms with Gasteiger partial charge in [0.05, 0.1) is 6.61 Å². The van der Waals surface area contributed by atoms with Gasteiger partial charge in [-0.25, -0.2) is 9.59 Å². The number of aliphatic carboxylic acids is 1. The van der Waals surface area contributed by atoms with E-state index >= 15 is 0 Å². The smallest absolute Gasteiger partial charge is 0.332 e. The van der Waals surface area contributed by atoms with Gasteiger partial charge in [-0.1, -0.05) is 0 Å². The summed E-state index contributed by atoms with van der Waals surface area (Å²) in [5, 5.41) is 24.8. The molecule has 1 unspecified atom stereocenters. The predicted molar refractivity (Wildman–Crippen MR) is 69.2 cm³/mol. The van der Waals surface area contributed by atoms with Crippen LogP contribution in [0.2, 0.25) is 0 Å². The fraction of sp³-hybridized carbons (Fsp3) is 0.727. The average molecular weight is 291 g/mol. The summed E-state index contributed by atoms with van der Waals surface area (Å²) in [5.74, 6) is -1.54. The van der Waals surface area contributed by atoms with Crippen LogP contribution < -0.4 is 16.0 Å². The number of aliphatic hydroxyl groups is 1. The molecule has 1 atom stereocenters. The second-order valence-corrected chi connectivity index (χ2v) is 3.92. The van der Waals surface area contributed by atoms with Gasteiger partial charge < -0.3 is 30.9 Å². The van der Waals surface area contributed by atoms with E-state index in [-0.39, 0.29) is 31.8 Å². The molecular weight excluding hydrogens is 270 g/mol. The number of carboxylic acid groups (broad SMARTS) is 1. The van der Waals surface area contributed by atoms with Gasteiger partial charge in [0.2, 0.25) is 5.91 Å². The number of aliphatic hydroxyl groups excluding tert-OH is 1. The van der Waals surface area contributed by atoms with E-state index in [1.807, 2.05) is 0 Å². The van der Waals surface area contributed by atoms with E-state index in [1.54, 1.807) is 0 Å². The van der Waals surface area contributed by atoms with E-state index in [1.165, 1.54) is 7.11 Å². The number of ether oxygens (including phenoxy) is 1. The summed E-state index contributed by atoms with van der Waals surface area (Å²) in [6, 6.07) is -0.521. The van der Waals surface area contributed by atoms with E-state index < -0.39 is 18.1 Å². The quantitative estimate of drug-likeness (QED) is 0.303. The van der Waals surface area contributed by atoms with Crippen molar-refractivity contribution in [3.05, 3.63) is 0 Å². The molecule has 0 aliphatic heterocycles. The molecule has 3 amide bonds. The first kappa shape index (κ1) is 18.1. The number of methoxy groups -OCH3 is 1. The van der Waals surface area contributed by atoms with E-state index in [0.717, 1.165) is 0 Å². The molecule has 116 valence electrons. The second kappa shape index (κ2) is 11.0. The lowest BCUT2D eigenvalue weighted by molar-refractivity contribution is -0.146. The fourth-order valence-corrected chi connectivity index (χ4v) is 1.18. The lowest BCUT2D eigenvalue weighted by Gasteiger charge is -2.09. The number of amides is 3. The number of hydrogen-bond acceptors (Lipinski definition) is 5. The number of urea groups is 1. The molecule has 0 aromatic carbocycles. The third-order valence-electron chi connectivity index (χ3n) is 2.25. The summed E-state index contributed by atoms with van der Waals surface area (Å²) in [6.07, 6.45) is -1.45. The van der Waals surface area contributed by atoms with Crippen LogP contribution in [0.1, 0.15) is 12.8 Å². The maximum Gasteiger partial charge on any atom is 0.332 e. The molecule has 0 rings (SSSR count). The first-order chi connectivity index (χ1) is 9.47. The van der Waals surface area contributed by atoms with Crippen LogP contribution in [0.3, 0.4) is 0 Å². The summed E-state index contributed by atoms with van der Waals surface area (Å²) < 4.78 is 4.76. The normalized spacial score (nSPS) is 11.5. The molecule has 0 heterocycles. The topological polar surface area (TPSA) is 137 Å². The predicted octanol–water partition coefficient (Wildman–Crippen LogP) is -1.73. The fourth-order valence-electron chi connectivity index (χ4n) is 1.18. The number of carbonyl (C=O) groups excluding carboxylic acids is 2. The molecule has 9 heteroatoms. The maximum atomic E-state index is 11.2. The van der Waals surface area contributed by atoms with Crippen molar-refractivity contribution in [3.8, 4) is 0 Å². The summed E-state index contributed by atoms with van der Waals surface area (Å²) >= 11 is 0. The monoisotopic (exact) mass is 291 g/mol. The van der Waals surface area contributed by atoms with Gasteiger partial charge in [0.1, 0.15) is 0 Å². The van der Waals surface area contributed by atoms with Crippen LogP contribution >= 0.6 is 0 Å². The van der Waals surface area contributed by atoms with E-state index in [9.17, 15) is 14.4 Å². The van der Waals surface area contributed by atoms with E-state index in [4.69, 9.17) is 14.9 Å². The van der Waals surface area contributed by atoms with Gasteiger partial charge >= 0.3 is 12.0 Å². The van der Waals surface area contributed by atoms with Gasteiger partial charge in [-0.05, 0) is 0 Å². The Morgan fingerprint density at radius 2 is 1.75 bits per heavy atom. The Kier molecular flexibility index (Phi) is 9.97. The SMILES string of the molecule is COCCNC(=O)CCNC(=O)NCCC(O)C(=O)O. The minimum absolute atomic E-state index is 0.0271. The lowest BCUT2D eigenvalue weighted by Crippen LogP contribution is -2.39. The minimum Gasteiger partial charge on any atom is -0.479 e. The highest BCUT2D eigenvalue weighted by Crippen LogP contribution is 1.89. The first-order valence-electron chi connectivity index (χ1n) is 6.15. The molecule has 0 spiro atoms. The Hall–Kier alpha value is -1.87. The van der Waals surface area contributed by atoms with Crippen LogP contribution in [0.25, 0.3) is 0 Å². The third kappa shape index (κ3) is 10.1. The number of rotatable bonds is 10. The lowest BCUT2D eigenvalue weighted by atomic mass is 10.2. The second-order valence-electron chi connectivity index (χ2n) is 3.92. The zero-order valence-corrected chi connectivity index (χ0v) is 11.3. The van der Waals surface area contributed by atoms with Crippen LogP contribution in [0.4, 0.5) is 4.79 Å². The number of hydrogen-bond donors (Lipinski definition) is 5. The molecule has 20 heavy (non-hydrogen) atoms. The number of nitrogens with one attached hydrogen (secondary N) is 3. The van der Waals surface area contributed by atoms with Gasteiger partial charge in [0, 0.05) is 39.6 Å². The van der Waals surface area contributed by atoms with Crippen molar-refractivity contribution in [1.82, 2.24) is 16.0 Å². The molecule has 0 radical (unpaired) electrons. The van der Waals surface area contributed by atoms with Crippen LogP contribution in [-0.2, 0) is 14.3 Å². The molecule has 0 saturated carbocycles. The van der Waals surface area contributed by atoms with Gasteiger partial charge in [-0.2, -0.15) is 0 Å². The van der Waals surface area contributed by atoms with Crippen molar-refractivity contribution in [2.24, 2.45) is 0 Å². The minimum atomic E-state index is -1.50. The maximum absolute atomic E-state index is 11.2. The van der Waals surface area contributed by atoms with Crippen LogP contribution in [0.15, 0.2) is 0 Å². The molecule has 0 aliphatic rings. The Morgan fingerprint density at radius 1 is 1.10 bits per heavy atom. The zero-order chi connectivity index (χ0) is 15.4. The Morgan fingerprint density at radius 3 is 2.35 bits per heavy atom. The molecule has 9 nitrogen and oxygen atoms in total.